The standard InChI is InChI=1S/C27H23ClN2O5S/c28-21-11-13-25-24(17-21)30(36(32,33)23-8-2-1-3-9-23)18-26(35-25)27(31)29-14-15-34-22-12-10-19-6-4-5-7-20(19)16-22/h1-13,16-17,26H,14-15,18H2,(H,29,31). The molecule has 1 atom stereocenters. The van der Waals surface area contributed by atoms with Gasteiger partial charge in [-0.2, -0.15) is 0 Å². The predicted molar refractivity (Wildman–Crippen MR) is 139 cm³/mol. The van der Waals surface area contributed by atoms with E-state index in [1.165, 1.54) is 22.5 Å². The first-order valence-corrected chi connectivity index (χ1v) is 13.2. The quantitative estimate of drug-likeness (QED) is 0.357. The van der Waals surface area contributed by atoms with Gasteiger partial charge in [0.25, 0.3) is 15.9 Å². The number of hydrogen-bond donors (Lipinski definition) is 1. The van der Waals surface area contributed by atoms with E-state index in [1.54, 1.807) is 30.3 Å². The van der Waals surface area contributed by atoms with Crippen LogP contribution in [-0.2, 0) is 14.8 Å². The van der Waals surface area contributed by atoms with Crippen molar-refractivity contribution in [2.75, 3.05) is 24.0 Å². The molecule has 7 nitrogen and oxygen atoms in total. The smallest absolute Gasteiger partial charge is 0.264 e. The van der Waals surface area contributed by atoms with Gasteiger partial charge in [-0.25, -0.2) is 8.42 Å². The molecule has 36 heavy (non-hydrogen) atoms. The Bertz CT molecular complexity index is 1510. The minimum Gasteiger partial charge on any atom is -0.492 e. The van der Waals surface area contributed by atoms with Crippen LogP contribution in [0.1, 0.15) is 0 Å². The van der Waals surface area contributed by atoms with Gasteiger partial charge in [-0.1, -0.05) is 60.1 Å². The van der Waals surface area contributed by atoms with E-state index < -0.39 is 22.0 Å². The van der Waals surface area contributed by atoms with Crippen molar-refractivity contribution in [1.29, 1.82) is 0 Å². The Morgan fingerprint density at radius 3 is 2.53 bits per heavy atom. The monoisotopic (exact) mass is 522 g/mol. The van der Waals surface area contributed by atoms with Crippen LogP contribution in [0.15, 0.2) is 95.9 Å². The number of halogens is 1. The number of amides is 1. The van der Waals surface area contributed by atoms with E-state index in [0.717, 1.165) is 10.8 Å². The van der Waals surface area contributed by atoms with E-state index in [1.807, 2.05) is 42.5 Å². The van der Waals surface area contributed by atoms with Crippen LogP contribution in [0.25, 0.3) is 10.8 Å². The van der Waals surface area contributed by atoms with Crippen molar-refractivity contribution in [2.45, 2.75) is 11.0 Å². The van der Waals surface area contributed by atoms with E-state index in [2.05, 4.69) is 5.32 Å². The third-order valence-electron chi connectivity index (χ3n) is 5.81. The summed E-state index contributed by atoms with van der Waals surface area (Å²) >= 11 is 6.13. The molecule has 1 heterocycles. The maximum absolute atomic E-state index is 13.4. The number of sulfonamides is 1. The Labute approximate surface area is 214 Å². The Balaban J connectivity index is 1.27. The number of fused-ring (bicyclic) bond motifs is 2. The molecule has 0 radical (unpaired) electrons. The summed E-state index contributed by atoms with van der Waals surface area (Å²) in [5.41, 5.74) is 0.287. The molecule has 0 aliphatic carbocycles. The number of rotatable bonds is 7. The lowest BCUT2D eigenvalue weighted by atomic mass is 10.1. The second-order valence-electron chi connectivity index (χ2n) is 8.22. The molecule has 5 rings (SSSR count). The normalized spacial score (nSPS) is 15.1. The maximum atomic E-state index is 13.4. The Morgan fingerprint density at radius 1 is 0.972 bits per heavy atom. The summed E-state index contributed by atoms with van der Waals surface area (Å²) in [4.78, 5) is 13.0. The zero-order chi connectivity index (χ0) is 25.1. The van der Waals surface area contributed by atoms with Crippen LogP contribution in [0.2, 0.25) is 5.02 Å². The average molecular weight is 523 g/mol. The van der Waals surface area contributed by atoms with Crippen molar-refractivity contribution >= 4 is 44.0 Å². The number of hydrogen-bond acceptors (Lipinski definition) is 5. The van der Waals surface area contributed by atoms with Crippen LogP contribution < -0.4 is 19.1 Å². The zero-order valence-electron chi connectivity index (χ0n) is 19.1. The molecular weight excluding hydrogens is 500 g/mol. The summed E-state index contributed by atoms with van der Waals surface area (Å²) < 4.78 is 39.6. The van der Waals surface area contributed by atoms with Gasteiger partial charge < -0.3 is 14.8 Å². The van der Waals surface area contributed by atoms with Crippen molar-refractivity contribution in [3.8, 4) is 11.5 Å². The number of nitrogens with zero attached hydrogens (tertiary/aromatic N) is 1. The van der Waals surface area contributed by atoms with Gasteiger partial charge in [0.2, 0.25) is 0 Å². The third-order valence-corrected chi connectivity index (χ3v) is 7.83. The molecule has 0 saturated heterocycles. The number of carbonyl (C=O) groups excluding carboxylic acids is 1. The molecule has 184 valence electrons. The molecule has 0 spiro atoms. The first-order chi connectivity index (χ1) is 17.4. The lowest BCUT2D eigenvalue weighted by molar-refractivity contribution is -0.127. The van der Waals surface area contributed by atoms with Gasteiger partial charge in [-0.05, 0) is 53.2 Å². The van der Waals surface area contributed by atoms with Crippen LogP contribution in [0.4, 0.5) is 5.69 Å². The second kappa shape index (κ2) is 10.1. The zero-order valence-corrected chi connectivity index (χ0v) is 20.7. The molecule has 0 saturated carbocycles. The third kappa shape index (κ3) is 4.96. The SMILES string of the molecule is O=C(NCCOc1ccc2ccccc2c1)C1CN(S(=O)(=O)c2ccccc2)c2cc(Cl)ccc2O1. The molecule has 1 aliphatic heterocycles. The van der Waals surface area contributed by atoms with Crippen molar-refractivity contribution in [3.63, 3.8) is 0 Å². The fourth-order valence-electron chi connectivity index (χ4n) is 4.02. The number of carbonyl (C=O) groups is 1. The summed E-state index contributed by atoms with van der Waals surface area (Å²) in [7, 11) is -3.95. The van der Waals surface area contributed by atoms with Crippen molar-refractivity contribution in [1.82, 2.24) is 5.32 Å². The van der Waals surface area contributed by atoms with Crippen molar-refractivity contribution < 1.29 is 22.7 Å². The molecule has 1 unspecified atom stereocenters. The number of nitrogens with one attached hydrogen (secondary N) is 1. The highest BCUT2D eigenvalue weighted by Gasteiger charge is 2.37. The Morgan fingerprint density at radius 2 is 1.72 bits per heavy atom. The molecule has 0 aromatic heterocycles. The summed E-state index contributed by atoms with van der Waals surface area (Å²) in [6.45, 7) is 0.279. The highest BCUT2D eigenvalue weighted by Crippen LogP contribution is 2.38. The van der Waals surface area contributed by atoms with E-state index >= 15 is 0 Å². The molecule has 0 bridgehead atoms. The van der Waals surface area contributed by atoms with E-state index in [4.69, 9.17) is 21.1 Å². The molecule has 1 aliphatic rings. The van der Waals surface area contributed by atoms with E-state index in [9.17, 15) is 13.2 Å². The van der Waals surface area contributed by atoms with Crippen LogP contribution >= 0.6 is 11.6 Å². The average Bonchev–Trinajstić information content (AvgIpc) is 2.90. The maximum Gasteiger partial charge on any atom is 0.264 e. The molecule has 1 amide bonds. The van der Waals surface area contributed by atoms with Crippen LogP contribution in [-0.4, -0.2) is 40.1 Å². The van der Waals surface area contributed by atoms with Gasteiger partial charge in [0.15, 0.2) is 6.10 Å². The minimum atomic E-state index is -3.95. The van der Waals surface area contributed by atoms with Crippen LogP contribution in [0.5, 0.6) is 11.5 Å². The van der Waals surface area contributed by atoms with Crippen molar-refractivity contribution in [2.24, 2.45) is 0 Å². The molecule has 0 fully saturated rings. The lowest BCUT2D eigenvalue weighted by Gasteiger charge is -2.34. The highest BCUT2D eigenvalue weighted by molar-refractivity contribution is 7.92. The van der Waals surface area contributed by atoms with Gasteiger partial charge in [-0.3, -0.25) is 9.10 Å². The number of anilines is 1. The Hall–Kier alpha value is -3.75. The molecular formula is C27H23ClN2O5S. The molecule has 9 heteroatoms. The first kappa shape index (κ1) is 24.0. The lowest BCUT2D eigenvalue weighted by Crippen LogP contribution is -2.51. The first-order valence-electron chi connectivity index (χ1n) is 11.4. The number of ether oxygens (including phenoxy) is 2. The van der Waals surface area contributed by atoms with Crippen LogP contribution in [0.3, 0.4) is 0 Å². The summed E-state index contributed by atoms with van der Waals surface area (Å²) in [5.74, 6) is 0.520. The highest BCUT2D eigenvalue weighted by atomic mass is 35.5. The largest absolute Gasteiger partial charge is 0.492 e. The van der Waals surface area contributed by atoms with Gasteiger partial charge >= 0.3 is 0 Å². The van der Waals surface area contributed by atoms with Gasteiger partial charge in [0.1, 0.15) is 18.1 Å². The number of benzene rings is 4. The van der Waals surface area contributed by atoms with Gasteiger partial charge in [-0.15, -0.1) is 0 Å². The topological polar surface area (TPSA) is 84.9 Å². The minimum absolute atomic E-state index is 0.112. The van der Waals surface area contributed by atoms with Crippen LogP contribution in [0, 0.1) is 0 Å². The predicted octanol–water partition coefficient (Wildman–Crippen LogP) is 4.64. The molecule has 4 aromatic carbocycles. The summed E-state index contributed by atoms with van der Waals surface area (Å²) in [6.07, 6.45) is -1.04. The Kier molecular flexibility index (Phi) is 6.71. The molecule has 1 N–H and O–H groups in total. The second-order valence-corrected chi connectivity index (χ2v) is 10.5. The van der Waals surface area contributed by atoms with Crippen molar-refractivity contribution in [3.05, 3.63) is 96.0 Å². The fraction of sp³-hybridized carbons (Fsp3) is 0.148. The van der Waals surface area contributed by atoms with E-state index in [0.29, 0.717) is 10.8 Å². The summed E-state index contributed by atoms with van der Waals surface area (Å²) in [6, 6.07) is 26.5. The van der Waals surface area contributed by atoms with Gasteiger partial charge in [0.05, 0.1) is 23.7 Å². The fourth-order valence-corrected chi connectivity index (χ4v) is 5.68. The summed E-state index contributed by atoms with van der Waals surface area (Å²) in [5, 5.41) is 5.32. The van der Waals surface area contributed by atoms with Gasteiger partial charge in [0, 0.05) is 5.02 Å². The van der Waals surface area contributed by atoms with E-state index in [-0.39, 0.29) is 36.0 Å². The molecule has 4 aromatic rings.